The van der Waals surface area contributed by atoms with Crippen LogP contribution in [0.3, 0.4) is 0 Å². The highest BCUT2D eigenvalue weighted by Crippen LogP contribution is 2.17. The summed E-state index contributed by atoms with van der Waals surface area (Å²) in [4.78, 5) is 0. The van der Waals surface area contributed by atoms with Crippen molar-refractivity contribution in [2.45, 2.75) is 32.2 Å². The summed E-state index contributed by atoms with van der Waals surface area (Å²) in [5.74, 6) is 0. The molecule has 0 heterocycles. The maximum absolute atomic E-state index is 5.86. The Morgan fingerprint density at radius 3 is 2.06 bits per heavy atom. The van der Waals surface area contributed by atoms with Crippen molar-refractivity contribution in [2.75, 3.05) is 14.2 Å². The van der Waals surface area contributed by atoms with Crippen molar-refractivity contribution >= 4 is 11.6 Å². The van der Waals surface area contributed by atoms with E-state index < -0.39 is 0 Å². The van der Waals surface area contributed by atoms with Crippen molar-refractivity contribution in [3.05, 3.63) is 34.9 Å². The summed E-state index contributed by atoms with van der Waals surface area (Å²) in [5, 5.41) is 4.18. The monoisotopic (exact) mass is 257 g/mol. The highest BCUT2D eigenvalue weighted by molar-refractivity contribution is 6.30. The molecule has 1 aromatic carbocycles. The predicted octanol–water partition coefficient (Wildman–Crippen LogP) is 3.00. The first-order valence-corrected chi connectivity index (χ1v) is 6.03. The molecule has 96 valence electrons. The van der Waals surface area contributed by atoms with Gasteiger partial charge in [-0.1, -0.05) is 23.7 Å². The molecule has 0 aliphatic carbocycles. The van der Waals surface area contributed by atoms with Gasteiger partial charge in [0.25, 0.3) is 0 Å². The first-order valence-electron chi connectivity index (χ1n) is 5.65. The fourth-order valence-corrected chi connectivity index (χ4v) is 1.95. The van der Waals surface area contributed by atoms with Gasteiger partial charge in [-0.15, -0.1) is 0 Å². The van der Waals surface area contributed by atoms with Crippen molar-refractivity contribution in [2.24, 2.45) is 0 Å². The summed E-state index contributed by atoms with van der Waals surface area (Å²) in [6, 6.07) is 8.14. The molecule has 0 amide bonds. The Morgan fingerprint density at radius 1 is 1.06 bits per heavy atom. The van der Waals surface area contributed by atoms with E-state index in [1.165, 1.54) is 5.56 Å². The van der Waals surface area contributed by atoms with E-state index in [0.717, 1.165) is 5.02 Å². The topological polar surface area (TPSA) is 30.5 Å². The van der Waals surface area contributed by atoms with E-state index in [2.05, 4.69) is 12.2 Å². The van der Waals surface area contributed by atoms with Crippen molar-refractivity contribution in [1.82, 2.24) is 5.32 Å². The van der Waals surface area contributed by atoms with E-state index in [-0.39, 0.29) is 18.4 Å². The van der Waals surface area contributed by atoms with Crippen molar-refractivity contribution in [3.8, 4) is 0 Å². The van der Waals surface area contributed by atoms with Gasteiger partial charge >= 0.3 is 0 Å². The second kappa shape index (κ2) is 6.97. The molecule has 0 radical (unpaired) electrons. The molecule has 0 bridgehead atoms. The molecule has 0 aromatic heterocycles. The average Bonchev–Trinajstić information content (AvgIpc) is 2.31. The van der Waals surface area contributed by atoms with E-state index in [9.17, 15) is 0 Å². The van der Waals surface area contributed by atoms with E-state index in [1.807, 2.05) is 31.2 Å². The third-order valence-electron chi connectivity index (χ3n) is 2.76. The molecule has 1 aromatic rings. The lowest BCUT2D eigenvalue weighted by Crippen LogP contribution is -2.40. The van der Waals surface area contributed by atoms with E-state index in [0.29, 0.717) is 0 Å². The van der Waals surface area contributed by atoms with Gasteiger partial charge in [0.15, 0.2) is 6.29 Å². The van der Waals surface area contributed by atoms with Crippen LogP contribution in [0.25, 0.3) is 0 Å². The maximum atomic E-state index is 5.86. The van der Waals surface area contributed by atoms with E-state index in [4.69, 9.17) is 21.1 Å². The van der Waals surface area contributed by atoms with Gasteiger partial charge in [-0.05, 0) is 31.5 Å². The zero-order chi connectivity index (χ0) is 12.8. The first-order chi connectivity index (χ1) is 8.08. The Hall–Kier alpha value is -0.610. The summed E-state index contributed by atoms with van der Waals surface area (Å²) >= 11 is 5.86. The quantitative estimate of drug-likeness (QED) is 0.795. The van der Waals surface area contributed by atoms with Crippen LogP contribution in [-0.4, -0.2) is 26.6 Å². The molecule has 1 unspecified atom stereocenters. The van der Waals surface area contributed by atoms with Crippen LogP contribution in [-0.2, 0) is 9.47 Å². The van der Waals surface area contributed by atoms with Gasteiger partial charge in [-0.2, -0.15) is 0 Å². The lowest BCUT2D eigenvalue weighted by Gasteiger charge is -2.26. The van der Waals surface area contributed by atoms with Crippen molar-refractivity contribution in [3.63, 3.8) is 0 Å². The van der Waals surface area contributed by atoms with Gasteiger partial charge in [0.05, 0.1) is 6.04 Å². The predicted molar refractivity (Wildman–Crippen MR) is 70.3 cm³/mol. The third-order valence-corrected chi connectivity index (χ3v) is 3.01. The molecule has 1 N–H and O–H groups in total. The zero-order valence-electron chi connectivity index (χ0n) is 10.7. The molecule has 0 fully saturated rings. The molecule has 0 saturated carbocycles. The molecule has 0 aliphatic rings. The highest BCUT2D eigenvalue weighted by atomic mass is 35.5. The maximum Gasteiger partial charge on any atom is 0.171 e. The Balaban J connectivity index is 2.59. The molecule has 2 atom stereocenters. The highest BCUT2D eigenvalue weighted by Gasteiger charge is 2.18. The van der Waals surface area contributed by atoms with Crippen molar-refractivity contribution < 1.29 is 9.47 Å². The number of benzene rings is 1. The molecule has 3 nitrogen and oxygen atoms in total. The number of hydrogen-bond acceptors (Lipinski definition) is 3. The van der Waals surface area contributed by atoms with E-state index in [1.54, 1.807) is 14.2 Å². The van der Waals surface area contributed by atoms with Crippen LogP contribution in [0.15, 0.2) is 24.3 Å². The Bertz CT molecular complexity index is 325. The van der Waals surface area contributed by atoms with Gasteiger partial charge in [0.1, 0.15) is 0 Å². The van der Waals surface area contributed by atoms with Crippen molar-refractivity contribution in [1.29, 1.82) is 0 Å². The standard InChI is InChI=1S/C13H20ClNO2/c1-9(11-5-7-12(14)8-6-11)15-10(2)13(16-3)17-4/h5-10,13,15H,1-4H3/t9-,10?/m0/s1. The molecule has 17 heavy (non-hydrogen) atoms. The summed E-state index contributed by atoms with van der Waals surface area (Å²) in [6.07, 6.45) is -0.246. The number of ether oxygens (including phenoxy) is 2. The molecule has 0 spiro atoms. The van der Waals surface area contributed by atoms with E-state index >= 15 is 0 Å². The molecule has 0 saturated heterocycles. The molecule has 0 aliphatic heterocycles. The minimum Gasteiger partial charge on any atom is -0.354 e. The minimum atomic E-state index is -0.246. The van der Waals surface area contributed by atoms with Crippen LogP contribution in [0.5, 0.6) is 0 Å². The van der Waals surface area contributed by atoms with Gasteiger partial charge < -0.3 is 14.8 Å². The number of methoxy groups -OCH3 is 2. The van der Waals surface area contributed by atoms with Crippen LogP contribution in [0.2, 0.25) is 5.02 Å². The van der Waals surface area contributed by atoms with Crippen LogP contribution >= 0.6 is 11.6 Å². The Morgan fingerprint density at radius 2 is 1.59 bits per heavy atom. The van der Waals surface area contributed by atoms with Gasteiger partial charge in [0, 0.05) is 25.3 Å². The molecular weight excluding hydrogens is 238 g/mol. The number of nitrogens with one attached hydrogen (secondary N) is 1. The summed E-state index contributed by atoms with van der Waals surface area (Å²) in [5.41, 5.74) is 1.19. The molecule has 4 heteroatoms. The fourth-order valence-electron chi connectivity index (χ4n) is 1.83. The summed E-state index contributed by atoms with van der Waals surface area (Å²) < 4.78 is 10.4. The number of hydrogen-bond donors (Lipinski definition) is 1. The summed E-state index contributed by atoms with van der Waals surface area (Å²) in [7, 11) is 3.28. The lowest BCUT2D eigenvalue weighted by atomic mass is 10.1. The van der Waals surface area contributed by atoms with Gasteiger partial charge in [-0.3, -0.25) is 0 Å². The Labute approximate surface area is 108 Å². The SMILES string of the molecule is COC(OC)C(C)N[C@@H](C)c1ccc(Cl)cc1. The number of rotatable bonds is 6. The first kappa shape index (κ1) is 14.5. The second-order valence-corrected chi connectivity index (χ2v) is 4.50. The average molecular weight is 258 g/mol. The molecular formula is C13H20ClNO2. The largest absolute Gasteiger partial charge is 0.354 e. The number of halogens is 1. The van der Waals surface area contributed by atoms with Crippen LogP contribution in [0.1, 0.15) is 25.5 Å². The summed E-state index contributed by atoms with van der Waals surface area (Å²) in [6.45, 7) is 4.13. The van der Waals surface area contributed by atoms with Crippen LogP contribution in [0.4, 0.5) is 0 Å². The zero-order valence-corrected chi connectivity index (χ0v) is 11.5. The third kappa shape index (κ3) is 4.28. The smallest absolute Gasteiger partial charge is 0.171 e. The van der Waals surface area contributed by atoms with Gasteiger partial charge in [-0.25, -0.2) is 0 Å². The van der Waals surface area contributed by atoms with Crippen LogP contribution < -0.4 is 5.32 Å². The van der Waals surface area contributed by atoms with Gasteiger partial charge in [0.2, 0.25) is 0 Å². The second-order valence-electron chi connectivity index (χ2n) is 4.07. The lowest BCUT2D eigenvalue weighted by molar-refractivity contribution is -0.120. The Kier molecular flexibility index (Phi) is 5.92. The molecule has 1 rings (SSSR count). The fraction of sp³-hybridized carbons (Fsp3) is 0.538. The van der Waals surface area contributed by atoms with Crippen LogP contribution in [0, 0.1) is 0 Å². The minimum absolute atomic E-state index is 0.107. The normalized spacial score (nSPS) is 14.9.